The Labute approximate surface area is 119 Å². The Bertz CT molecular complexity index is 566. The molecule has 2 aromatic rings. The molecule has 0 aliphatic rings. The molecule has 0 saturated heterocycles. The molecular weight excluding hydrogens is 250 g/mol. The first kappa shape index (κ1) is 14.3. The van der Waals surface area contributed by atoms with Gasteiger partial charge in [-0.1, -0.05) is 42.5 Å². The molecule has 0 aromatic heterocycles. The standard InChI is InChI=1S/C17H19NO2/c1-13(18-12-14-8-4-3-5-9-14)17(19)15-10-6-7-11-16(15)20-2/h3-11,13,18H,12H2,1-2H3. The zero-order valence-corrected chi connectivity index (χ0v) is 11.8. The second-order valence-corrected chi connectivity index (χ2v) is 4.65. The molecule has 0 saturated carbocycles. The number of methoxy groups -OCH3 is 1. The zero-order chi connectivity index (χ0) is 14.4. The summed E-state index contributed by atoms with van der Waals surface area (Å²) in [6.45, 7) is 2.54. The topological polar surface area (TPSA) is 38.3 Å². The lowest BCUT2D eigenvalue weighted by molar-refractivity contribution is 0.0947. The molecule has 104 valence electrons. The van der Waals surface area contributed by atoms with Crippen molar-refractivity contribution in [3.8, 4) is 5.75 Å². The zero-order valence-electron chi connectivity index (χ0n) is 11.8. The van der Waals surface area contributed by atoms with Crippen LogP contribution < -0.4 is 10.1 Å². The Balaban J connectivity index is 2.02. The van der Waals surface area contributed by atoms with Crippen molar-refractivity contribution in [3.63, 3.8) is 0 Å². The van der Waals surface area contributed by atoms with Crippen LogP contribution in [-0.2, 0) is 6.54 Å². The number of Topliss-reactive ketones (excluding diaryl/α,β-unsaturated/α-hetero) is 1. The molecule has 0 aliphatic carbocycles. The molecule has 0 aliphatic heterocycles. The molecule has 2 aromatic carbocycles. The number of carbonyl (C=O) groups is 1. The van der Waals surface area contributed by atoms with E-state index in [-0.39, 0.29) is 11.8 Å². The molecule has 1 atom stereocenters. The van der Waals surface area contributed by atoms with Crippen LogP contribution in [0.25, 0.3) is 0 Å². The van der Waals surface area contributed by atoms with E-state index in [0.29, 0.717) is 17.9 Å². The minimum atomic E-state index is -0.258. The SMILES string of the molecule is COc1ccccc1C(=O)C(C)NCc1ccccc1. The number of carbonyl (C=O) groups excluding carboxylic acids is 1. The van der Waals surface area contributed by atoms with Crippen molar-refractivity contribution in [2.24, 2.45) is 0 Å². The van der Waals surface area contributed by atoms with E-state index in [1.165, 1.54) is 0 Å². The van der Waals surface area contributed by atoms with E-state index in [4.69, 9.17) is 4.74 Å². The maximum atomic E-state index is 12.4. The van der Waals surface area contributed by atoms with E-state index in [9.17, 15) is 4.79 Å². The summed E-state index contributed by atoms with van der Waals surface area (Å²) in [5, 5.41) is 3.24. The Morgan fingerprint density at radius 2 is 1.75 bits per heavy atom. The van der Waals surface area contributed by atoms with E-state index < -0.39 is 0 Å². The van der Waals surface area contributed by atoms with Gasteiger partial charge in [-0.05, 0) is 24.6 Å². The Kier molecular flexibility index (Phi) is 4.91. The van der Waals surface area contributed by atoms with Gasteiger partial charge in [0.15, 0.2) is 5.78 Å². The van der Waals surface area contributed by atoms with Crippen molar-refractivity contribution >= 4 is 5.78 Å². The Hall–Kier alpha value is -2.13. The molecule has 0 spiro atoms. The highest BCUT2D eigenvalue weighted by Gasteiger charge is 2.18. The van der Waals surface area contributed by atoms with Gasteiger partial charge in [0, 0.05) is 6.54 Å². The average Bonchev–Trinajstić information content (AvgIpc) is 2.52. The predicted molar refractivity (Wildman–Crippen MR) is 80.1 cm³/mol. The van der Waals surface area contributed by atoms with Crippen LogP contribution in [0.15, 0.2) is 54.6 Å². The molecule has 20 heavy (non-hydrogen) atoms. The number of hydrogen-bond acceptors (Lipinski definition) is 3. The summed E-state index contributed by atoms with van der Waals surface area (Å²) in [6, 6.07) is 17.1. The van der Waals surface area contributed by atoms with Crippen LogP contribution in [0.1, 0.15) is 22.8 Å². The smallest absolute Gasteiger partial charge is 0.183 e. The number of ether oxygens (including phenoxy) is 1. The second-order valence-electron chi connectivity index (χ2n) is 4.65. The second kappa shape index (κ2) is 6.87. The minimum absolute atomic E-state index is 0.0402. The number of benzene rings is 2. The third kappa shape index (κ3) is 3.45. The van der Waals surface area contributed by atoms with Gasteiger partial charge in [0.1, 0.15) is 5.75 Å². The molecular formula is C17H19NO2. The molecule has 0 radical (unpaired) electrons. The van der Waals surface area contributed by atoms with Gasteiger partial charge in [-0.3, -0.25) is 4.79 Å². The lowest BCUT2D eigenvalue weighted by atomic mass is 10.0. The van der Waals surface area contributed by atoms with Crippen LogP contribution in [0.4, 0.5) is 0 Å². The maximum absolute atomic E-state index is 12.4. The van der Waals surface area contributed by atoms with Crippen LogP contribution in [-0.4, -0.2) is 18.9 Å². The maximum Gasteiger partial charge on any atom is 0.183 e. The van der Waals surface area contributed by atoms with Gasteiger partial charge >= 0.3 is 0 Å². The third-order valence-corrected chi connectivity index (χ3v) is 3.22. The number of ketones is 1. The van der Waals surface area contributed by atoms with Crippen molar-refractivity contribution in [1.82, 2.24) is 5.32 Å². The summed E-state index contributed by atoms with van der Waals surface area (Å²) in [6.07, 6.45) is 0. The minimum Gasteiger partial charge on any atom is -0.496 e. The predicted octanol–water partition coefficient (Wildman–Crippen LogP) is 3.06. The average molecular weight is 269 g/mol. The van der Waals surface area contributed by atoms with Crippen molar-refractivity contribution < 1.29 is 9.53 Å². The number of para-hydroxylation sites is 1. The third-order valence-electron chi connectivity index (χ3n) is 3.22. The normalized spacial score (nSPS) is 11.9. The van der Waals surface area contributed by atoms with Crippen LogP contribution >= 0.6 is 0 Å². The van der Waals surface area contributed by atoms with E-state index in [1.807, 2.05) is 49.4 Å². The highest BCUT2D eigenvalue weighted by Crippen LogP contribution is 2.19. The van der Waals surface area contributed by atoms with Crippen molar-refractivity contribution in [3.05, 3.63) is 65.7 Å². The van der Waals surface area contributed by atoms with Crippen molar-refractivity contribution in [2.45, 2.75) is 19.5 Å². The summed E-state index contributed by atoms with van der Waals surface area (Å²) in [5.74, 6) is 0.657. The van der Waals surface area contributed by atoms with Gasteiger partial charge in [-0.15, -0.1) is 0 Å². The molecule has 0 amide bonds. The first-order valence-electron chi connectivity index (χ1n) is 6.67. The van der Waals surface area contributed by atoms with Gasteiger partial charge in [0.2, 0.25) is 0 Å². The first-order valence-corrected chi connectivity index (χ1v) is 6.67. The molecule has 2 rings (SSSR count). The van der Waals surface area contributed by atoms with Crippen LogP contribution in [0.5, 0.6) is 5.75 Å². The van der Waals surface area contributed by atoms with Gasteiger partial charge in [0.05, 0.1) is 18.7 Å². The van der Waals surface area contributed by atoms with Gasteiger partial charge in [-0.25, -0.2) is 0 Å². The van der Waals surface area contributed by atoms with Crippen molar-refractivity contribution in [2.75, 3.05) is 7.11 Å². The fraction of sp³-hybridized carbons (Fsp3) is 0.235. The molecule has 1 N–H and O–H groups in total. The van der Waals surface area contributed by atoms with Crippen molar-refractivity contribution in [1.29, 1.82) is 0 Å². The molecule has 0 bridgehead atoms. The first-order chi connectivity index (χ1) is 9.72. The lowest BCUT2D eigenvalue weighted by Gasteiger charge is -2.14. The van der Waals surface area contributed by atoms with E-state index in [2.05, 4.69) is 5.32 Å². The van der Waals surface area contributed by atoms with Gasteiger partial charge in [0.25, 0.3) is 0 Å². The molecule has 1 unspecified atom stereocenters. The fourth-order valence-corrected chi connectivity index (χ4v) is 2.04. The summed E-state index contributed by atoms with van der Waals surface area (Å²) >= 11 is 0. The van der Waals surface area contributed by atoms with E-state index in [1.54, 1.807) is 19.2 Å². The fourth-order valence-electron chi connectivity index (χ4n) is 2.04. The van der Waals surface area contributed by atoms with Gasteiger partial charge < -0.3 is 10.1 Å². The number of rotatable bonds is 6. The molecule has 0 heterocycles. The number of nitrogens with one attached hydrogen (secondary N) is 1. The highest BCUT2D eigenvalue weighted by molar-refractivity contribution is 6.02. The van der Waals surface area contributed by atoms with Crippen LogP contribution in [0, 0.1) is 0 Å². The van der Waals surface area contributed by atoms with Gasteiger partial charge in [-0.2, -0.15) is 0 Å². The van der Waals surface area contributed by atoms with E-state index >= 15 is 0 Å². The summed E-state index contributed by atoms with van der Waals surface area (Å²) in [4.78, 5) is 12.4. The molecule has 3 heteroatoms. The summed E-state index contributed by atoms with van der Waals surface area (Å²) in [5.41, 5.74) is 1.77. The monoisotopic (exact) mass is 269 g/mol. The van der Waals surface area contributed by atoms with E-state index in [0.717, 1.165) is 5.56 Å². The molecule has 0 fully saturated rings. The summed E-state index contributed by atoms with van der Waals surface area (Å²) < 4.78 is 5.23. The lowest BCUT2D eigenvalue weighted by Crippen LogP contribution is -2.33. The van der Waals surface area contributed by atoms with Crippen LogP contribution in [0.3, 0.4) is 0 Å². The van der Waals surface area contributed by atoms with Crippen LogP contribution in [0.2, 0.25) is 0 Å². The Morgan fingerprint density at radius 3 is 2.45 bits per heavy atom. The quantitative estimate of drug-likeness (QED) is 0.819. The highest BCUT2D eigenvalue weighted by atomic mass is 16.5. The Morgan fingerprint density at radius 1 is 1.10 bits per heavy atom. The number of hydrogen-bond donors (Lipinski definition) is 1. The summed E-state index contributed by atoms with van der Waals surface area (Å²) in [7, 11) is 1.58. The largest absolute Gasteiger partial charge is 0.496 e. The molecule has 3 nitrogen and oxygen atoms in total.